The fraction of sp³-hybridized carbons (Fsp3) is 0.682. The van der Waals surface area contributed by atoms with Crippen LogP contribution in [-0.2, 0) is 9.53 Å². The maximum atomic E-state index is 12.7. The van der Waals surface area contributed by atoms with Crippen molar-refractivity contribution in [1.82, 2.24) is 10.3 Å². The highest BCUT2D eigenvalue weighted by atomic mass is 16.5. The van der Waals surface area contributed by atoms with Gasteiger partial charge in [-0.2, -0.15) is 0 Å². The standard InChI is InChI=1S/C22H32N4O3/c23-19(27)15-29-18-6-11-26(12-7-18)20-5-4-16(14-24-20)21(28)25-17-3-1-8-22(13-17)9-2-10-22/h4-5,14,17-18H,1-3,6-13,15H2,(H2,23,27)(H,25,28). The van der Waals surface area contributed by atoms with Crippen LogP contribution in [0.15, 0.2) is 18.3 Å². The summed E-state index contributed by atoms with van der Waals surface area (Å²) in [6.45, 7) is 1.60. The highest BCUT2D eigenvalue weighted by Crippen LogP contribution is 2.51. The van der Waals surface area contributed by atoms with E-state index in [1.807, 2.05) is 12.1 Å². The van der Waals surface area contributed by atoms with E-state index in [-0.39, 0.29) is 18.6 Å². The number of hydrogen-bond donors (Lipinski definition) is 2. The number of amides is 2. The summed E-state index contributed by atoms with van der Waals surface area (Å²) >= 11 is 0. The Balaban J connectivity index is 1.27. The van der Waals surface area contributed by atoms with E-state index < -0.39 is 5.91 Å². The normalized spacial score (nSPS) is 24.1. The van der Waals surface area contributed by atoms with Crippen LogP contribution in [-0.4, -0.2) is 48.6 Å². The lowest BCUT2D eigenvalue weighted by Gasteiger charge is -2.47. The molecule has 7 heteroatoms. The predicted molar refractivity (Wildman–Crippen MR) is 111 cm³/mol. The number of pyridine rings is 1. The SMILES string of the molecule is NC(=O)COC1CCN(c2ccc(C(=O)NC3CCCC4(CCC4)C3)cn2)CC1. The minimum atomic E-state index is -0.431. The van der Waals surface area contributed by atoms with Crippen molar-refractivity contribution < 1.29 is 14.3 Å². The summed E-state index contributed by atoms with van der Waals surface area (Å²) in [7, 11) is 0. The van der Waals surface area contributed by atoms with E-state index >= 15 is 0 Å². The molecule has 7 nitrogen and oxygen atoms in total. The van der Waals surface area contributed by atoms with Crippen LogP contribution in [0.1, 0.15) is 68.1 Å². The number of nitrogens with one attached hydrogen (secondary N) is 1. The Bertz CT molecular complexity index is 724. The number of anilines is 1. The Labute approximate surface area is 172 Å². The molecule has 0 bridgehead atoms. The lowest BCUT2D eigenvalue weighted by atomic mass is 9.60. The lowest BCUT2D eigenvalue weighted by Crippen LogP contribution is -2.45. The van der Waals surface area contributed by atoms with Crippen molar-refractivity contribution >= 4 is 17.6 Å². The molecule has 1 aliphatic heterocycles. The van der Waals surface area contributed by atoms with Gasteiger partial charge in [0.05, 0.1) is 11.7 Å². The molecule has 3 aliphatic rings. The summed E-state index contributed by atoms with van der Waals surface area (Å²) in [6, 6.07) is 4.10. The first kappa shape index (κ1) is 20.1. The van der Waals surface area contributed by atoms with Crippen LogP contribution in [0.3, 0.4) is 0 Å². The molecule has 1 atom stereocenters. The van der Waals surface area contributed by atoms with Gasteiger partial charge in [-0.3, -0.25) is 9.59 Å². The van der Waals surface area contributed by atoms with Gasteiger partial charge in [-0.1, -0.05) is 12.8 Å². The number of nitrogens with zero attached hydrogens (tertiary/aromatic N) is 2. The van der Waals surface area contributed by atoms with Gasteiger partial charge in [0.1, 0.15) is 12.4 Å². The van der Waals surface area contributed by atoms with Crippen molar-refractivity contribution in [3.8, 4) is 0 Å². The van der Waals surface area contributed by atoms with Crippen molar-refractivity contribution in [3.05, 3.63) is 23.9 Å². The van der Waals surface area contributed by atoms with Gasteiger partial charge in [0.2, 0.25) is 5.91 Å². The molecule has 1 saturated heterocycles. The Morgan fingerprint density at radius 1 is 1.17 bits per heavy atom. The summed E-state index contributed by atoms with van der Waals surface area (Å²) in [5.41, 5.74) is 6.28. The molecule has 2 heterocycles. The summed E-state index contributed by atoms with van der Waals surface area (Å²) in [6.07, 6.45) is 12.2. The van der Waals surface area contributed by atoms with Gasteiger partial charge in [0.25, 0.3) is 5.91 Å². The number of piperidine rings is 1. The molecule has 3 fully saturated rings. The third-order valence-electron chi connectivity index (χ3n) is 6.93. The topological polar surface area (TPSA) is 97.6 Å². The van der Waals surface area contributed by atoms with Crippen molar-refractivity contribution in [2.24, 2.45) is 11.1 Å². The number of carbonyl (C=O) groups is 2. The van der Waals surface area contributed by atoms with Crippen LogP contribution < -0.4 is 16.0 Å². The molecule has 4 rings (SSSR count). The van der Waals surface area contributed by atoms with Crippen molar-refractivity contribution in [3.63, 3.8) is 0 Å². The van der Waals surface area contributed by atoms with E-state index in [1.54, 1.807) is 6.20 Å². The molecular weight excluding hydrogens is 368 g/mol. The molecule has 0 aromatic carbocycles. The molecule has 1 aromatic rings. The van der Waals surface area contributed by atoms with E-state index in [9.17, 15) is 9.59 Å². The Morgan fingerprint density at radius 2 is 1.93 bits per heavy atom. The second-order valence-corrected chi connectivity index (χ2v) is 8.99. The predicted octanol–water partition coefficient (Wildman–Crippen LogP) is 2.39. The first-order chi connectivity index (χ1) is 14.0. The van der Waals surface area contributed by atoms with Crippen LogP contribution in [0.2, 0.25) is 0 Å². The third-order valence-corrected chi connectivity index (χ3v) is 6.93. The molecule has 1 unspecified atom stereocenters. The van der Waals surface area contributed by atoms with Crippen molar-refractivity contribution in [2.75, 3.05) is 24.6 Å². The van der Waals surface area contributed by atoms with Gasteiger partial charge in [0, 0.05) is 25.3 Å². The molecule has 2 amide bonds. The molecule has 1 aromatic heterocycles. The highest BCUT2D eigenvalue weighted by molar-refractivity contribution is 5.94. The Kier molecular flexibility index (Phi) is 6.04. The van der Waals surface area contributed by atoms with E-state index in [0.29, 0.717) is 17.0 Å². The van der Waals surface area contributed by atoms with Gasteiger partial charge >= 0.3 is 0 Å². The number of primary amides is 1. The highest BCUT2D eigenvalue weighted by Gasteiger charge is 2.41. The maximum absolute atomic E-state index is 12.7. The van der Waals surface area contributed by atoms with Gasteiger partial charge < -0.3 is 20.7 Å². The fourth-order valence-corrected chi connectivity index (χ4v) is 5.13. The zero-order valence-electron chi connectivity index (χ0n) is 17.1. The van der Waals surface area contributed by atoms with Gasteiger partial charge in [0.15, 0.2) is 0 Å². The lowest BCUT2D eigenvalue weighted by molar-refractivity contribution is -0.124. The van der Waals surface area contributed by atoms with Gasteiger partial charge in [-0.25, -0.2) is 4.98 Å². The third kappa shape index (κ3) is 4.89. The number of nitrogens with two attached hydrogens (primary N) is 1. The number of hydrogen-bond acceptors (Lipinski definition) is 5. The summed E-state index contributed by atoms with van der Waals surface area (Å²) in [5.74, 6) is 0.434. The number of rotatable bonds is 6. The van der Waals surface area contributed by atoms with E-state index in [1.165, 1.54) is 32.1 Å². The Hall–Kier alpha value is -2.15. The zero-order valence-corrected chi connectivity index (χ0v) is 17.1. The van der Waals surface area contributed by atoms with E-state index in [0.717, 1.165) is 44.6 Å². The van der Waals surface area contributed by atoms with Crippen LogP contribution in [0, 0.1) is 5.41 Å². The van der Waals surface area contributed by atoms with E-state index in [4.69, 9.17) is 10.5 Å². The smallest absolute Gasteiger partial charge is 0.253 e. The van der Waals surface area contributed by atoms with E-state index in [2.05, 4.69) is 15.2 Å². The summed E-state index contributed by atoms with van der Waals surface area (Å²) in [5, 5.41) is 3.24. The molecule has 158 valence electrons. The number of aromatic nitrogens is 1. The quantitative estimate of drug-likeness (QED) is 0.764. The second kappa shape index (κ2) is 8.69. The van der Waals surface area contributed by atoms with Crippen LogP contribution in [0.5, 0.6) is 0 Å². The first-order valence-corrected chi connectivity index (χ1v) is 10.9. The Morgan fingerprint density at radius 3 is 2.55 bits per heavy atom. The largest absolute Gasteiger partial charge is 0.368 e. The van der Waals surface area contributed by atoms with Crippen molar-refractivity contribution in [1.29, 1.82) is 0 Å². The monoisotopic (exact) mass is 400 g/mol. The van der Waals surface area contributed by atoms with Crippen LogP contribution in [0.4, 0.5) is 5.82 Å². The molecular formula is C22H32N4O3. The zero-order chi connectivity index (χ0) is 20.3. The van der Waals surface area contributed by atoms with Gasteiger partial charge in [-0.05, 0) is 62.5 Å². The van der Waals surface area contributed by atoms with Crippen LogP contribution in [0.25, 0.3) is 0 Å². The fourth-order valence-electron chi connectivity index (χ4n) is 5.13. The maximum Gasteiger partial charge on any atom is 0.253 e. The molecule has 3 N–H and O–H groups in total. The second-order valence-electron chi connectivity index (χ2n) is 8.99. The molecule has 2 saturated carbocycles. The van der Waals surface area contributed by atoms with Crippen molar-refractivity contribution in [2.45, 2.75) is 69.9 Å². The average Bonchev–Trinajstić information content (AvgIpc) is 2.72. The molecule has 29 heavy (non-hydrogen) atoms. The molecule has 1 spiro atoms. The van der Waals surface area contributed by atoms with Gasteiger partial charge in [-0.15, -0.1) is 0 Å². The minimum Gasteiger partial charge on any atom is -0.368 e. The minimum absolute atomic E-state index is 0.0102. The summed E-state index contributed by atoms with van der Waals surface area (Å²) in [4.78, 5) is 30.2. The average molecular weight is 401 g/mol. The number of carbonyl (C=O) groups excluding carboxylic acids is 2. The molecule has 2 aliphatic carbocycles. The first-order valence-electron chi connectivity index (χ1n) is 10.9. The summed E-state index contributed by atoms with van der Waals surface area (Å²) < 4.78 is 5.50. The molecule has 0 radical (unpaired) electrons. The van der Waals surface area contributed by atoms with Crippen LogP contribution >= 0.6 is 0 Å². The number of ether oxygens (including phenoxy) is 1.